The molecule has 2 heterocycles. The maximum absolute atomic E-state index is 12.7. The average Bonchev–Trinajstić information content (AvgIpc) is 3.23. The van der Waals surface area contributed by atoms with Gasteiger partial charge < -0.3 is 10.2 Å². The van der Waals surface area contributed by atoms with Gasteiger partial charge >= 0.3 is 0 Å². The molecule has 114 valence electrons. The molecule has 0 spiro atoms. The van der Waals surface area contributed by atoms with Crippen molar-refractivity contribution in [3.05, 3.63) is 15.9 Å². The first-order valence-electron chi connectivity index (χ1n) is 7.19. The zero-order valence-corrected chi connectivity index (χ0v) is 14.0. The second-order valence-corrected chi connectivity index (χ2v) is 6.73. The number of nitrogens with zero attached hydrogens (tertiary/aromatic N) is 3. The fourth-order valence-corrected chi connectivity index (χ4v) is 3.29. The van der Waals surface area contributed by atoms with Gasteiger partial charge in [-0.05, 0) is 48.5 Å². The maximum atomic E-state index is 12.7. The molecule has 1 saturated heterocycles. The van der Waals surface area contributed by atoms with Gasteiger partial charge in [0.2, 0.25) is 11.8 Å². The van der Waals surface area contributed by atoms with Gasteiger partial charge in [0.15, 0.2) is 0 Å². The number of amides is 2. The molecule has 21 heavy (non-hydrogen) atoms. The van der Waals surface area contributed by atoms with Gasteiger partial charge in [-0.1, -0.05) is 0 Å². The van der Waals surface area contributed by atoms with Crippen molar-refractivity contribution in [3.63, 3.8) is 0 Å². The van der Waals surface area contributed by atoms with Crippen molar-refractivity contribution in [1.29, 1.82) is 0 Å². The maximum Gasteiger partial charge on any atom is 0.246 e. The molecule has 0 bridgehead atoms. The van der Waals surface area contributed by atoms with Crippen molar-refractivity contribution in [2.45, 2.75) is 45.3 Å². The predicted molar refractivity (Wildman–Crippen MR) is 80.3 cm³/mol. The minimum atomic E-state index is -0.449. The number of aromatic nitrogens is 2. The lowest BCUT2D eigenvalue weighted by atomic mass is 10.0. The summed E-state index contributed by atoms with van der Waals surface area (Å²) in [5.41, 5.74) is 1.80. The van der Waals surface area contributed by atoms with Crippen molar-refractivity contribution in [2.24, 2.45) is 13.0 Å². The zero-order chi connectivity index (χ0) is 15.3. The molecule has 1 saturated carbocycles. The highest BCUT2D eigenvalue weighted by atomic mass is 79.9. The van der Waals surface area contributed by atoms with Gasteiger partial charge in [0, 0.05) is 7.05 Å². The van der Waals surface area contributed by atoms with E-state index < -0.39 is 6.04 Å². The van der Waals surface area contributed by atoms with E-state index in [-0.39, 0.29) is 17.9 Å². The molecule has 2 unspecified atom stereocenters. The number of carbonyl (C=O) groups excluding carboxylic acids is 2. The molecule has 1 aliphatic carbocycles. The highest BCUT2D eigenvalue weighted by Crippen LogP contribution is 2.35. The third-order valence-electron chi connectivity index (χ3n) is 4.37. The third kappa shape index (κ3) is 2.47. The van der Waals surface area contributed by atoms with E-state index in [9.17, 15) is 9.59 Å². The molecule has 2 fully saturated rings. The SMILES string of the molecule is Cc1nn(C)c(CN2C(=O)C(C3CC3)NC(=O)C2C)c1Br. The number of rotatable bonds is 3. The van der Waals surface area contributed by atoms with Gasteiger partial charge in [0.05, 0.1) is 22.4 Å². The summed E-state index contributed by atoms with van der Waals surface area (Å²) in [7, 11) is 1.85. The van der Waals surface area contributed by atoms with E-state index in [1.807, 2.05) is 14.0 Å². The molecule has 1 aliphatic heterocycles. The molecule has 0 radical (unpaired) electrons. The largest absolute Gasteiger partial charge is 0.342 e. The normalized spacial score (nSPS) is 26.2. The van der Waals surface area contributed by atoms with E-state index >= 15 is 0 Å². The summed E-state index contributed by atoms with van der Waals surface area (Å²) in [5, 5.41) is 7.21. The lowest BCUT2D eigenvalue weighted by Crippen LogP contribution is -2.62. The van der Waals surface area contributed by atoms with Crippen molar-refractivity contribution in [2.75, 3.05) is 0 Å². The first kappa shape index (κ1) is 14.6. The first-order valence-corrected chi connectivity index (χ1v) is 7.98. The summed E-state index contributed by atoms with van der Waals surface area (Å²) in [4.78, 5) is 26.5. The Morgan fingerprint density at radius 1 is 1.38 bits per heavy atom. The number of piperazine rings is 1. The zero-order valence-electron chi connectivity index (χ0n) is 12.4. The summed E-state index contributed by atoms with van der Waals surface area (Å²) >= 11 is 3.52. The number of carbonyl (C=O) groups is 2. The first-order chi connectivity index (χ1) is 9.90. The van der Waals surface area contributed by atoms with Gasteiger partial charge in [0.25, 0.3) is 0 Å². The standard InChI is InChI=1S/C14H19BrN4O2/c1-7-11(15)10(18(3)17-7)6-19-8(2)13(20)16-12(14(19)21)9-4-5-9/h8-9,12H,4-6H2,1-3H3,(H,16,20). The molecular formula is C14H19BrN4O2. The van der Waals surface area contributed by atoms with Crippen molar-refractivity contribution in [3.8, 4) is 0 Å². The molecule has 2 amide bonds. The Hall–Kier alpha value is -1.37. The summed E-state index contributed by atoms with van der Waals surface area (Å²) < 4.78 is 2.66. The van der Waals surface area contributed by atoms with E-state index in [4.69, 9.17) is 0 Å². The van der Waals surface area contributed by atoms with Crippen molar-refractivity contribution < 1.29 is 9.59 Å². The molecule has 1 N–H and O–H groups in total. The van der Waals surface area contributed by atoms with Crippen LogP contribution in [0.25, 0.3) is 0 Å². The van der Waals surface area contributed by atoms with E-state index in [2.05, 4.69) is 26.3 Å². The number of hydrogen-bond acceptors (Lipinski definition) is 3. The molecule has 0 aromatic carbocycles. The number of halogens is 1. The number of hydrogen-bond donors (Lipinski definition) is 1. The third-order valence-corrected chi connectivity index (χ3v) is 5.40. The monoisotopic (exact) mass is 354 g/mol. The van der Waals surface area contributed by atoms with Crippen LogP contribution in [0.3, 0.4) is 0 Å². The quantitative estimate of drug-likeness (QED) is 0.884. The minimum absolute atomic E-state index is 0.0235. The second kappa shape index (κ2) is 5.12. The molecular weight excluding hydrogens is 336 g/mol. The lowest BCUT2D eigenvalue weighted by Gasteiger charge is -2.37. The van der Waals surface area contributed by atoms with Gasteiger partial charge in [-0.15, -0.1) is 0 Å². The summed E-state index contributed by atoms with van der Waals surface area (Å²) in [5.74, 6) is 0.269. The van der Waals surface area contributed by atoms with E-state index in [0.29, 0.717) is 12.5 Å². The average molecular weight is 355 g/mol. The fourth-order valence-electron chi connectivity index (χ4n) is 2.82. The Labute approximate surface area is 132 Å². The van der Waals surface area contributed by atoms with Crippen molar-refractivity contribution >= 4 is 27.7 Å². The number of nitrogens with one attached hydrogen (secondary N) is 1. The van der Waals surface area contributed by atoms with E-state index in [0.717, 1.165) is 28.7 Å². The van der Waals surface area contributed by atoms with Crippen LogP contribution < -0.4 is 5.32 Å². The Morgan fingerprint density at radius 2 is 2.05 bits per heavy atom. The van der Waals surface area contributed by atoms with Crippen LogP contribution in [-0.2, 0) is 23.2 Å². The Balaban J connectivity index is 1.87. The fraction of sp³-hybridized carbons (Fsp3) is 0.643. The topological polar surface area (TPSA) is 67.2 Å². The lowest BCUT2D eigenvalue weighted by molar-refractivity contribution is -0.150. The van der Waals surface area contributed by atoms with Gasteiger partial charge in [-0.3, -0.25) is 14.3 Å². The molecule has 1 aromatic heterocycles. The second-order valence-electron chi connectivity index (χ2n) is 5.94. The van der Waals surface area contributed by atoms with Crippen LogP contribution in [0.2, 0.25) is 0 Å². The summed E-state index contributed by atoms with van der Waals surface area (Å²) in [6, 6.07) is -0.795. The van der Waals surface area contributed by atoms with Gasteiger partial charge in [-0.2, -0.15) is 5.10 Å². The Kier molecular flexibility index (Phi) is 3.55. The van der Waals surface area contributed by atoms with Crippen LogP contribution >= 0.6 is 15.9 Å². The molecule has 1 aromatic rings. The van der Waals surface area contributed by atoms with E-state index in [1.165, 1.54) is 0 Å². The van der Waals surface area contributed by atoms with Crippen LogP contribution in [0.4, 0.5) is 0 Å². The predicted octanol–water partition coefficient (Wildman–Crippen LogP) is 1.12. The highest BCUT2D eigenvalue weighted by molar-refractivity contribution is 9.10. The van der Waals surface area contributed by atoms with Gasteiger partial charge in [0.1, 0.15) is 12.1 Å². The minimum Gasteiger partial charge on any atom is -0.342 e. The summed E-state index contributed by atoms with van der Waals surface area (Å²) in [6.07, 6.45) is 2.04. The van der Waals surface area contributed by atoms with E-state index in [1.54, 1.807) is 16.5 Å². The van der Waals surface area contributed by atoms with Crippen LogP contribution in [-0.4, -0.2) is 38.6 Å². The van der Waals surface area contributed by atoms with Crippen LogP contribution in [0.1, 0.15) is 31.2 Å². The van der Waals surface area contributed by atoms with Crippen LogP contribution in [0.15, 0.2) is 4.47 Å². The smallest absolute Gasteiger partial charge is 0.246 e. The van der Waals surface area contributed by atoms with Crippen molar-refractivity contribution in [1.82, 2.24) is 20.0 Å². The molecule has 7 heteroatoms. The summed E-state index contributed by atoms with van der Waals surface area (Å²) in [6.45, 7) is 4.08. The molecule has 2 atom stereocenters. The number of aryl methyl sites for hydroxylation is 2. The Bertz CT molecular complexity index is 608. The highest BCUT2D eigenvalue weighted by Gasteiger charge is 2.45. The van der Waals surface area contributed by atoms with Crippen LogP contribution in [0.5, 0.6) is 0 Å². The molecule has 3 rings (SSSR count). The Morgan fingerprint density at radius 3 is 2.57 bits per heavy atom. The van der Waals surface area contributed by atoms with Gasteiger partial charge in [-0.25, -0.2) is 0 Å². The molecule has 6 nitrogen and oxygen atoms in total. The molecule has 2 aliphatic rings. The van der Waals surface area contributed by atoms with Crippen LogP contribution in [0, 0.1) is 12.8 Å².